The summed E-state index contributed by atoms with van der Waals surface area (Å²) in [6.45, 7) is 4.93. The molecule has 0 aromatic carbocycles. The predicted molar refractivity (Wildman–Crippen MR) is 63.1 cm³/mol. The summed E-state index contributed by atoms with van der Waals surface area (Å²) in [7, 11) is 1.87. The van der Waals surface area contributed by atoms with Gasteiger partial charge >= 0.3 is 0 Å². The minimum Gasteiger partial charge on any atom is -0.345 e. The lowest BCUT2D eigenvalue weighted by molar-refractivity contribution is -0.129. The number of amides is 1. The summed E-state index contributed by atoms with van der Waals surface area (Å²) >= 11 is 1.56. The van der Waals surface area contributed by atoms with E-state index >= 15 is 0 Å². The molecule has 1 amide bonds. The van der Waals surface area contributed by atoms with E-state index in [1.54, 1.807) is 16.8 Å². The average Bonchev–Trinajstić information content (AvgIpc) is 2.61. The van der Waals surface area contributed by atoms with E-state index in [-0.39, 0.29) is 5.91 Å². The molecule has 1 aromatic heterocycles. The molecule has 0 aliphatic carbocycles. The van der Waals surface area contributed by atoms with Crippen molar-refractivity contribution in [2.45, 2.75) is 33.1 Å². The van der Waals surface area contributed by atoms with Gasteiger partial charge in [-0.15, -0.1) is 11.3 Å². The molecule has 0 spiro atoms. The first-order chi connectivity index (χ1) is 7.15. The average molecular weight is 226 g/mol. The molecule has 1 aromatic rings. The van der Waals surface area contributed by atoms with Crippen molar-refractivity contribution < 1.29 is 4.79 Å². The Kier molecular flexibility index (Phi) is 4.75. The number of thiazole rings is 1. The highest BCUT2D eigenvalue weighted by Crippen LogP contribution is 2.13. The number of hydrogen-bond donors (Lipinski definition) is 0. The largest absolute Gasteiger partial charge is 0.345 e. The lowest BCUT2D eigenvalue weighted by Gasteiger charge is -2.16. The molecule has 0 fully saturated rings. The minimum atomic E-state index is 0.191. The van der Waals surface area contributed by atoms with E-state index in [0.717, 1.165) is 30.0 Å². The maximum Gasteiger partial charge on any atom is 0.227 e. The van der Waals surface area contributed by atoms with Gasteiger partial charge in [0.25, 0.3) is 0 Å². The van der Waals surface area contributed by atoms with Gasteiger partial charge in [-0.05, 0) is 13.3 Å². The van der Waals surface area contributed by atoms with Crippen LogP contribution in [0.15, 0.2) is 5.51 Å². The molecule has 84 valence electrons. The third-order valence-electron chi connectivity index (χ3n) is 2.43. The second kappa shape index (κ2) is 5.85. The molecule has 15 heavy (non-hydrogen) atoms. The first kappa shape index (κ1) is 12.2. The summed E-state index contributed by atoms with van der Waals surface area (Å²) < 4.78 is 0. The normalized spacial score (nSPS) is 10.3. The monoisotopic (exact) mass is 226 g/mol. The maximum atomic E-state index is 11.8. The van der Waals surface area contributed by atoms with Crippen molar-refractivity contribution in [2.24, 2.45) is 0 Å². The van der Waals surface area contributed by atoms with Gasteiger partial charge < -0.3 is 4.90 Å². The van der Waals surface area contributed by atoms with E-state index in [9.17, 15) is 4.79 Å². The van der Waals surface area contributed by atoms with Crippen molar-refractivity contribution >= 4 is 17.2 Å². The Morgan fingerprint density at radius 2 is 2.33 bits per heavy atom. The molecule has 0 aliphatic heterocycles. The number of carbonyl (C=O) groups excluding carboxylic acids is 1. The molecule has 1 heterocycles. The highest BCUT2D eigenvalue weighted by atomic mass is 32.1. The van der Waals surface area contributed by atoms with E-state index in [4.69, 9.17) is 0 Å². The fourth-order valence-electron chi connectivity index (χ4n) is 1.29. The summed E-state index contributed by atoms with van der Waals surface area (Å²) in [5.41, 5.74) is 2.78. The highest BCUT2D eigenvalue weighted by molar-refractivity contribution is 7.09. The van der Waals surface area contributed by atoms with Gasteiger partial charge in [0.15, 0.2) is 0 Å². The first-order valence-electron chi connectivity index (χ1n) is 5.28. The zero-order valence-corrected chi connectivity index (χ0v) is 10.4. The summed E-state index contributed by atoms with van der Waals surface area (Å²) in [6, 6.07) is 0. The SMILES string of the molecule is CCCCN(C)C(=O)Cc1scnc1C. The Morgan fingerprint density at radius 3 is 2.87 bits per heavy atom. The molecular formula is C11H18N2OS. The van der Waals surface area contributed by atoms with Crippen LogP contribution in [-0.4, -0.2) is 29.4 Å². The van der Waals surface area contributed by atoms with Crippen LogP contribution in [0, 0.1) is 6.92 Å². The minimum absolute atomic E-state index is 0.191. The number of unbranched alkanes of at least 4 members (excludes halogenated alkanes) is 1. The molecule has 0 bridgehead atoms. The summed E-state index contributed by atoms with van der Waals surface area (Å²) in [6.07, 6.45) is 2.69. The van der Waals surface area contributed by atoms with Crippen LogP contribution in [0.2, 0.25) is 0 Å². The van der Waals surface area contributed by atoms with Crippen molar-refractivity contribution in [2.75, 3.05) is 13.6 Å². The molecule has 0 radical (unpaired) electrons. The zero-order chi connectivity index (χ0) is 11.3. The fourth-order valence-corrected chi connectivity index (χ4v) is 2.06. The van der Waals surface area contributed by atoms with Crippen LogP contribution in [0.4, 0.5) is 0 Å². The van der Waals surface area contributed by atoms with Gasteiger partial charge in [-0.3, -0.25) is 4.79 Å². The number of hydrogen-bond acceptors (Lipinski definition) is 3. The Hall–Kier alpha value is -0.900. The maximum absolute atomic E-state index is 11.8. The fraction of sp³-hybridized carbons (Fsp3) is 0.636. The van der Waals surface area contributed by atoms with Crippen molar-refractivity contribution in [1.29, 1.82) is 0 Å². The highest BCUT2D eigenvalue weighted by Gasteiger charge is 2.11. The van der Waals surface area contributed by atoms with Crippen LogP contribution in [0.25, 0.3) is 0 Å². The van der Waals surface area contributed by atoms with Crippen molar-refractivity contribution in [3.05, 3.63) is 16.1 Å². The van der Waals surface area contributed by atoms with Gasteiger partial charge in [0.05, 0.1) is 17.6 Å². The van der Waals surface area contributed by atoms with Crippen LogP contribution >= 0.6 is 11.3 Å². The van der Waals surface area contributed by atoms with Gasteiger partial charge in [-0.2, -0.15) is 0 Å². The molecule has 0 unspecified atom stereocenters. The molecule has 3 nitrogen and oxygen atoms in total. The third-order valence-corrected chi connectivity index (χ3v) is 3.36. The quantitative estimate of drug-likeness (QED) is 0.771. The van der Waals surface area contributed by atoms with E-state index in [2.05, 4.69) is 11.9 Å². The number of nitrogens with zero attached hydrogens (tertiary/aromatic N) is 2. The third kappa shape index (κ3) is 3.63. The number of likely N-dealkylation sites (N-methyl/N-ethyl adjacent to an activating group) is 1. The molecule has 4 heteroatoms. The lowest BCUT2D eigenvalue weighted by atomic mass is 10.2. The van der Waals surface area contributed by atoms with E-state index in [1.807, 2.05) is 18.9 Å². The lowest BCUT2D eigenvalue weighted by Crippen LogP contribution is -2.29. The molecular weight excluding hydrogens is 208 g/mol. The van der Waals surface area contributed by atoms with Crippen molar-refractivity contribution in [3.8, 4) is 0 Å². The standard InChI is InChI=1S/C11H18N2OS/c1-4-5-6-13(3)11(14)7-10-9(2)12-8-15-10/h8H,4-7H2,1-3H3. The number of aryl methyl sites for hydroxylation is 1. The molecule has 0 N–H and O–H groups in total. The van der Waals surface area contributed by atoms with Gasteiger partial charge in [-0.1, -0.05) is 13.3 Å². The Morgan fingerprint density at radius 1 is 1.60 bits per heavy atom. The Bertz CT molecular complexity index is 322. The molecule has 0 atom stereocenters. The predicted octanol–water partition coefficient (Wildman–Crippen LogP) is 2.25. The van der Waals surface area contributed by atoms with Crippen LogP contribution in [0.3, 0.4) is 0 Å². The topological polar surface area (TPSA) is 33.2 Å². The summed E-state index contributed by atoms with van der Waals surface area (Å²) in [4.78, 5) is 18.8. The summed E-state index contributed by atoms with van der Waals surface area (Å²) in [5.74, 6) is 0.191. The number of carbonyl (C=O) groups is 1. The van der Waals surface area contributed by atoms with Gasteiger partial charge in [0.1, 0.15) is 0 Å². The second-order valence-corrected chi connectivity index (χ2v) is 4.65. The van der Waals surface area contributed by atoms with Gasteiger partial charge in [0, 0.05) is 18.5 Å². The Labute approximate surface area is 95.1 Å². The van der Waals surface area contributed by atoms with E-state index in [0.29, 0.717) is 6.42 Å². The van der Waals surface area contributed by atoms with Gasteiger partial charge in [0.2, 0.25) is 5.91 Å². The van der Waals surface area contributed by atoms with Crippen molar-refractivity contribution in [1.82, 2.24) is 9.88 Å². The number of rotatable bonds is 5. The van der Waals surface area contributed by atoms with Crippen LogP contribution < -0.4 is 0 Å². The second-order valence-electron chi connectivity index (χ2n) is 3.71. The van der Waals surface area contributed by atoms with Crippen LogP contribution in [0.5, 0.6) is 0 Å². The zero-order valence-electron chi connectivity index (χ0n) is 9.62. The Balaban J connectivity index is 2.45. The summed E-state index contributed by atoms with van der Waals surface area (Å²) in [5, 5.41) is 0. The van der Waals surface area contributed by atoms with E-state index in [1.165, 1.54) is 0 Å². The number of aromatic nitrogens is 1. The molecule has 0 saturated heterocycles. The smallest absolute Gasteiger partial charge is 0.227 e. The van der Waals surface area contributed by atoms with Crippen LogP contribution in [-0.2, 0) is 11.2 Å². The molecule has 0 saturated carbocycles. The first-order valence-corrected chi connectivity index (χ1v) is 6.16. The van der Waals surface area contributed by atoms with Gasteiger partial charge in [-0.25, -0.2) is 4.98 Å². The van der Waals surface area contributed by atoms with Crippen molar-refractivity contribution in [3.63, 3.8) is 0 Å². The van der Waals surface area contributed by atoms with Crippen LogP contribution in [0.1, 0.15) is 30.3 Å². The van der Waals surface area contributed by atoms with E-state index < -0.39 is 0 Å². The molecule has 1 rings (SSSR count). The molecule has 0 aliphatic rings.